The maximum atomic E-state index is 12.0. The van der Waals surface area contributed by atoms with Crippen molar-refractivity contribution in [3.05, 3.63) is 29.8 Å². The number of halogens is 3. The fourth-order valence-corrected chi connectivity index (χ4v) is 3.51. The van der Waals surface area contributed by atoms with Gasteiger partial charge in [0.2, 0.25) is 0 Å². The quantitative estimate of drug-likeness (QED) is 0.926. The lowest BCUT2D eigenvalue weighted by molar-refractivity contribution is -0.274. The largest absolute Gasteiger partial charge is 0.573 e. The van der Waals surface area contributed by atoms with E-state index < -0.39 is 12.0 Å². The number of benzene rings is 1. The van der Waals surface area contributed by atoms with Crippen LogP contribution in [0.5, 0.6) is 5.75 Å². The fourth-order valence-electron chi connectivity index (χ4n) is 2.26. The molecule has 1 N–H and O–H groups in total. The van der Waals surface area contributed by atoms with E-state index >= 15 is 0 Å². The van der Waals surface area contributed by atoms with Gasteiger partial charge in [0.25, 0.3) is 0 Å². The molecule has 0 radical (unpaired) electrons. The molecular weight excluding hydrogens is 277 g/mol. The van der Waals surface area contributed by atoms with Crippen molar-refractivity contribution < 1.29 is 23.0 Å². The van der Waals surface area contributed by atoms with E-state index in [1.54, 1.807) is 23.9 Å². The van der Waals surface area contributed by atoms with Gasteiger partial charge in [-0.25, -0.2) is 0 Å². The van der Waals surface area contributed by atoms with Crippen molar-refractivity contribution in [3.8, 4) is 5.75 Å². The highest BCUT2D eigenvalue weighted by Gasteiger charge is 2.36. The Labute approximate surface area is 114 Å². The number of aliphatic hydroxyl groups is 1. The summed E-state index contributed by atoms with van der Waals surface area (Å²) in [4.78, 5) is 0. The van der Waals surface area contributed by atoms with Crippen LogP contribution in [0, 0.1) is 0 Å². The summed E-state index contributed by atoms with van der Waals surface area (Å²) in [5.41, 5.74) is 0.0583. The van der Waals surface area contributed by atoms with Crippen LogP contribution in [0.25, 0.3) is 0 Å². The van der Waals surface area contributed by atoms with Crippen molar-refractivity contribution in [2.75, 3.05) is 5.75 Å². The molecule has 1 aromatic rings. The average molecular weight is 292 g/mol. The molecule has 1 aromatic carbocycles. The van der Waals surface area contributed by atoms with Gasteiger partial charge in [0.05, 0.1) is 5.60 Å². The van der Waals surface area contributed by atoms with Crippen LogP contribution in [0.15, 0.2) is 24.3 Å². The molecule has 1 aliphatic heterocycles. The molecule has 0 aliphatic carbocycles. The van der Waals surface area contributed by atoms with E-state index in [0.29, 0.717) is 23.8 Å². The van der Waals surface area contributed by atoms with E-state index in [9.17, 15) is 18.3 Å². The molecular formula is C13H15F3O2S. The Bertz CT molecular complexity index is 433. The topological polar surface area (TPSA) is 29.5 Å². The molecule has 106 valence electrons. The molecule has 0 spiro atoms. The Morgan fingerprint density at radius 1 is 1.37 bits per heavy atom. The van der Waals surface area contributed by atoms with Crippen molar-refractivity contribution in [1.82, 2.24) is 0 Å². The van der Waals surface area contributed by atoms with Gasteiger partial charge in [0.15, 0.2) is 0 Å². The number of hydrogen-bond donors (Lipinski definition) is 1. The molecule has 1 saturated heterocycles. The minimum Gasteiger partial charge on any atom is -0.406 e. The second-order valence-corrected chi connectivity index (χ2v) is 6.35. The molecule has 1 heterocycles. The molecule has 1 fully saturated rings. The molecule has 0 amide bonds. The van der Waals surface area contributed by atoms with Crippen LogP contribution in [0.4, 0.5) is 13.2 Å². The van der Waals surface area contributed by atoms with Crippen LogP contribution in [0.3, 0.4) is 0 Å². The number of thioether (sulfide) groups is 1. The first-order valence-corrected chi connectivity index (χ1v) is 6.99. The molecule has 2 atom stereocenters. The van der Waals surface area contributed by atoms with E-state index in [2.05, 4.69) is 11.7 Å². The fraction of sp³-hybridized carbons (Fsp3) is 0.538. The second kappa shape index (κ2) is 5.25. The standard InChI is InChI=1S/C13H15F3O2S/c1-9-6-12(17,8-19-9)7-10-2-4-11(5-3-10)18-13(14,15)16/h2-5,9,17H,6-8H2,1H3. The number of ether oxygens (including phenoxy) is 1. The van der Waals surface area contributed by atoms with Crippen LogP contribution in [-0.2, 0) is 6.42 Å². The summed E-state index contributed by atoms with van der Waals surface area (Å²) in [7, 11) is 0. The van der Waals surface area contributed by atoms with Crippen molar-refractivity contribution in [3.63, 3.8) is 0 Å². The third kappa shape index (κ3) is 4.31. The van der Waals surface area contributed by atoms with Gasteiger partial charge < -0.3 is 9.84 Å². The van der Waals surface area contributed by atoms with Crippen molar-refractivity contribution in [2.45, 2.75) is 37.0 Å². The monoisotopic (exact) mass is 292 g/mol. The number of alkyl halides is 3. The summed E-state index contributed by atoms with van der Waals surface area (Å²) in [5.74, 6) is 0.423. The van der Waals surface area contributed by atoms with E-state index in [1.807, 2.05) is 0 Å². The third-order valence-corrected chi connectivity index (χ3v) is 4.43. The van der Waals surface area contributed by atoms with Crippen molar-refractivity contribution >= 4 is 11.8 Å². The second-order valence-electron chi connectivity index (χ2n) is 4.92. The van der Waals surface area contributed by atoms with Crippen LogP contribution in [-0.4, -0.2) is 28.1 Å². The number of hydrogen-bond acceptors (Lipinski definition) is 3. The molecule has 6 heteroatoms. The van der Waals surface area contributed by atoms with Gasteiger partial charge in [-0.15, -0.1) is 13.2 Å². The number of rotatable bonds is 3. The molecule has 0 bridgehead atoms. The maximum absolute atomic E-state index is 12.0. The maximum Gasteiger partial charge on any atom is 0.573 e. The molecule has 2 unspecified atom stereocenters. The third-order valence-electron chi connectivity index (χ3n) is 2.99. The van der Waals surface area contributed by atoms with Gasteiger partial charge in [-0.05, 0) is 24.1 Å². The minimum absolute atomic E-state index is 0.239. The molecule has 0 aromatic heterocycles. The smallest absolute Gasteiger partial charge is 0.406 e. The normalized spacial score (nSPS) is 27.5. The van der Waals surface area contributed by atoms with Gasteiger partial charge >= 0.3 is 6.36 Å². The molecule has 19 heavy (non-hydrogen) atoms. The van der Waals surface area contributed by atoms with Crippen molar-refractivity contribution in [1.29, 1.82) is 0 Å². The zero-order chi connectivity index (χ0) is 14.1. The Kier molecular flexibility index (Phi) is 4.01. The SMILES string of the molecule is CC1CC(O)(Cc2ccc(OC(F)(F)F)cc2)CS1. The highest BCUT2D eigenvalue weighted by Crippen LogP contribution is 2.36. The predicted molar refractivity (Wildman–Crippen MR) is 68.3 cm³/mol. The Morgan fingerprint density at radius 2 is 2.00 bits per heavy atom. The van der Waals surface area contributed by atoms with Crippen LogP contribution in [0.1, 0.15) is 18.9 Å². The summed E-state index contributed by atoms with van der Waals surface area (Å²) < 4.78 is 39.8. The first-order chi connectivity index (χ1) is 8.76. The molecule has 1 aliphatic rings. The van der Waals surface area contributed by atoms with Gasteiger partial charge in [-0.1, -0.05) is 19.1 Å². The van der Waals surface area contributed by atoms with Gasteiger partial charge in [0, 0.05) is 17.4 Å². The minimum atomic E-state index is -4.67. The highest BCUT2D eigenvalue weighted by molar-refractivity contribution is 8.00. The Balaban J connectivity index is 1.99. The summed E-state index contributed by atoms with van der Waals surface area (Å²) >= 11 is 1.71. The van der Waals surface area contributed by atoms with E-state index in [4.69, 9.17) is 0 Å². The van der Waals surface area contributed by atoms with Crippen molar-refractivity contribution in [2.24, 2.45) is 0 Å². The Hall–Kier alpha value is -0.880. The lowest BCUT2D eigenvalue weighted by atomic mass is 9.92. The average Bonchev–Trinajstić information content (AvgIpc) is 2.59. The zero-order valence-corrected chi connectivity index (χ0v) is 11.2. The summed E-state index contributed by atoms with van der Waals surface area (Å²) in [5, 5.41) is 10.8. The van der Waals surface area contributed by atoms with Crippen LogP contribution in [0.2, 0.25) is 0 Å². The lowest BCUT2D eigenvalue weighted by Gasteiger charge is -2.21. The highest BCUT2D eigenvalue weighted by atomic mass is 32.2. The lowest BCUT2D eigenvalue weighted by Crippen LogP contribution is -2.31. The zero-order valence-electron chi connectivity index (χ0n) is 10.4. The van der Waals surface area contributed by atoms with E-state index in [-0.39, 0.29) is 5.75 Å². The van der Waals surface area contributed by atoms with Crippen LogP contribution >= 0.6 is 11.8 Å². The van der Waals surface area contributed by atoms with E-state index in [0.717, 1.165) is 5.56 Å². The van der Waals surface area contributed by atoms with Gasteiger partial charge in [0.1, 0.15) is 5.75 Å². The van der Waals surface area contributed by atoms with Gasteiger partial charge in [-0.2, -0.15) is 11.8 Å². The van der Waals surface area contributed by atoms with Gasteiger partial charge in [-0.3, -0.25) is 0 Å². The summed E-state index contributed by atoms with van der Waals surface area (Å²) in [6.45, 7) is 2.06. The first kappa shape index (κ1) is 14.5. The summed E-state index contributed by atoms with van der Waals surface area (Å²) in [6.07, 6.45) is -3.51. The van der Waals surface area contributed by atoms with E-state index in [1.165, 1.54) is 12.1 Å². The predicted octanol–water partition coefficient (Wildman–Crippen LogP) is 3.38. The summed E-state index contributed by atoms with van der Waals surface area (Å²) in [6, 6.07) is 5.68. The van der Waals surface area contributed by atoms with Crippen LogP contribution < -0.4 is 4.74 Å². The first-order valence-electron chi connectivity index (χ1n) is 5.94. The molecule has 0 saturated carbocycles. The Morgan fingerprint density at radius 3 is 2.47 bits per heavy atom. The molecule has 2 rings (SSSR count). The molecule has 2 nitrogen and oxygen atoms in total.